The average Bonchev–Trinajstić information content (AvgIpc) is 3.06. The highest BCUT2D eigenvalue weighted by Gasteiger charge is 2.32. The van der Waals surface area contributed by atoms with E-state index in [1.54, 1.807) is 11.4 Å². The summed E-state index contributed by atoms with van der Waals surface area (Å²) in [5.41, 5.74) is 0.216. The molecule has 10 heteroatoms. The lowest BCUT2D eigenvalue weighted by Gasteiger charge is -2.11. The highest BCUT2D eigenvalue weighted by atomic mass is 35.5. The number of thiazole rings is 1. The maximum atomic E-state index is 12.9. The van der Waals surface area contributed by atoms with Crippen LogP contribution in [0.4, 0.5) is 18.9 Å². The molecule has 1 amide bonds. The number of hydrogen-bond donors (Lipinski definition) is 1. The molecule has 3 rings (SSSR count). The number of amides is 1. The van der Waals surface area contributed by atoms with E-state index < -0.39 is 22.3 Å². The molecule has 3 aromatic rings. The molecular formula is C19H15ClF3N3O2S. The van der Waals surface area contributed by atoms with Gasteiger partial charge in [-0.05, 0) is 24.6 Å². The molecule has 1 aromatic carbocycles. The van der Waals surface area contributed by atoms with Gasteiger partial charge in [0.1, 0.15) is 10.0 Å². The van der Waals surface area contributed by atoms with E-state index in [0.29, 0.717) is 28.7 Å². The van der Waals surface area contributed by atoms with Gasteiger partial charge in [0.15, 0.2) is 0 Å². The van der Waals surface area contributed by atoms with Gasteiger partial charge in [-0.3, -0.25) is 9.59 Å². The number of anilines is 1. The smallest absolute Gasteiger partial charge is 0.325 e. The third-order valence-corrected chi connectivity index (χ3v) is 5.20. The topological polar surface area (TPSA) is 64.0 Å². The van der Waals surface area contributed by atoms with Gasteiger partial charge in [0.05, 0.1) is 24.2 Å². The van der Waals surface area contributed by atoms with Crippen LogP contribution in [-0.4, -0.2) is 15.5 Å². The van der Waals surface area contributed by atoms with E-state index in [0.717, 1.165) is 10.1 Å². The minimum Gasteiger partial charge on any atom is -0.325 e. The number of para-hydroxylation sites is 1. The molecule has 152 valence electrons. The van der Waals surface area contributed by atoms with Crippen molar-refractivity contribution < 1.29 is 18.0 Å². The van der Waals surface area contributed by atoms with E-state index in [1.807, 2.05) is 25.1 Å². The zero-order valence-electron chi connectivity index (χ0n) is 15.1. The molecule has 0 fully saturated rings. The molecule has 0 radical (unpaired) electrons. The minimum atomic E-state index is -4.63. The Hall–Kier alpha value is -2.65. The molecule has 0 spiro atoms. The van der Waals surface area contributed by atoms with E-state index in [2.05, 4.69) is 10.3 Å². The van der Waals surface area contributed by atoms with Crippen LogP contribution >= 0.6 is 22.9 Å². The fraction of sp³-hybridized carbons (Fsp3) is 0.211. The Balaban J connectivity index is 1.72. The van der Waals surface area contributed by atoms with E-state index in [4.69, 9.17) is 11.6 Å². The van der Waals surface area contributed by atoms with Gasteiger partial charge in [-0.1, -0.05) is 29.8 Å². The minimum absolute atomic E-state index is 0.0112. The molecule has 0 saturated heterocycles. The standard InChI is InChI=1S/C19H15ClF3N3O2S/c1-11-4-2-3-5-15(11)25-16(27)7-17-24-13(10-29-17)9-26-8-12(19(21,22)23)6-14(20)18(26)28/h2-6,8,10H,7,9H2,1H3,(H,25,27). The van der Waals surface area contributed by atoms with Crippen molar-refractivity contribution in [2.75, 3.05) is 5.32 Å². The van der Waals surface area contributed by atoms with Crippen LogP contribution in [0.3, 0.4) is 0 Å². The van der Waals surface area contributed by atoms with Crippen molar-refractivity contribution in [3.63, 3.8) is 0 Å². The monoisotopic (exact) mass is 441 g/mol. The largest absolute Gasteiger partial charge is 0.417 e. The summed E-state index contributed by atoms with van der Waals surface area (Å²) in [6.45, 7) is 1.69. The van der Waals surface area contributed by atoms with Crippen molar-refractivity contribution in [2.45, 2.75) is 26.1 Å². The lowest BCUT2D eigenvalue weighted by molar-refractivity contribution is -0.138. The number of nitrogens with one attached hydrogen (secondary N) is 1. The SMILES string of the molecule is Cc1ccccc1NC(=O)Cc1nc(Cn2cc(C(F)(F)F)cc(Cl)c2=O)cs1. The number of pyridine rings is 1. The summed E-state index contributed by atoms with van der Waals surface area (Å²) in [6.07, 6.45) is -3.91. The first kappa shape index (κ1) is 21.1. The van der Waals surface area contributed by atoms with Crippen LogP contribution in [0.25, 0.3) is 0 Å². The van der Waals surface area contributed by atoms with E-state index in [1.165, 1.54) is 11.3 Å². The van der Waals surface area contributed by atoms with Crippen LogP contribution in [0, 0.1) is 6.92 Å². The first-order chi connectivity index (χ1) is 13.6. The number of nitrogens with zero attached hydrogens (tertiary/aromatic N) is 2. The zero-order chi connectivity index (χ0) is 21.2. The Morgan fingerprint density at radius 2 is 2.03 bits per heavy atom. The van der Waals surface area contributed by atoms with E-state index in [9.17, 15) is 22.8 Å². The number of rotatable bonds is 5. The molecule has 0 saturated carbocycles. The van der Waals surface area contributed by atoms with Crippen LogP contribution in [0.1, 0.15) is 21.8 Å². The number of aromatic nitrogens is 2. The Morgan fingerprint density at radius 1 is 1.31 bits per heavy atom. The number of benzene rings is 1. The predicted octanol–water partition coefficient (Wildman–Crippen LogP) is 4.51. The maximum Gasteiger partial charge on any atom is 0.417 e. The number of hydrogen-bond acceptors (Lipinski definition) is 4. The van der Waals surface area contributed by atoms with Crippen molar-refractivity contribution >= 4 is 34.5 Å². The molecule has 29 heavy (non-hydrogen) atoms. The molecule has 5 nitrogen and oxygen atoms in total. The van der Waals surface area contributed by atoms with Gasteiger partial charge < -0.3 is 9.88 Å². The third-order valence-electron chi connectivity index (χ3n) is 4.03. The Bertz CT molecular complexity index is 1110. The van der Waals surface area contributed by atoms with Gasteiger partial charge in [0, 0.05) is 17.3 Å². The molecule has 2 heterocycles. The van der Waals surface area contributed by atoms with Gasteiger partial charge in [0.2, 0.25) is 5.91 Å². The summed E-state index contributed by atoms with van der Waals surface area (Å²) < 4.78 is 39.7. The summed E-state index contributed by atoms with van der Waals surface area (Å²) in [7, 11) is 0. The summed E-state index contributed by atoms with van der Waals surface area (Å²) >= 11 is 6.84. The summed E-state index contributed by atoms with van der Waals surface area (Å²) in [5, 5.41) is 4.35. The van der Waals surface area contributed by atoms with Crippen LogP contribution < -0.4 is 10.9 Å². The molecule has 0 unspecified atom stereocenters. The quantitative estimate of drug-likeness (QED) is 0.633. The number of carbonyl (C=O) groups is 1. The normalized spacial score (nSPS) is 11.5. The Morgan fingerprint density at radius 3 is 2.72 bits per heavy atom. The van der Waals surface area contributed by atoms with Gasteiger partial charge in [-0.25, -0.2) is 4.98 Å². The number of alkyl halides is 3. The van der Waals surface area contributed by atoms with Crippen molar-refractivity contribution in [1.29, 1.82) is 0 Å². The van der Waals surface area contributed by atoms with Crippen molar-refractivity contribution in [1.82, 2.24) is 9.55 Å². The number of aryl methyl sites for hydroxylation is 1. The first-order valence-electron chi connectivity index (χ1n) is 8.39. The number of carbonyl (C=O) groups excluding carboxylic acids is 1. The second-order valence-corrected chi connectivity index (χ2v) is 7.63. The van der Waals surface area contributed by atoms with Gasteiger partial charge in [-0.2, -0.15) is 13.2 Å². The van der Waals surface area contributed by atoms with Crippen LogP contribution in [0.5, 0.6) is 0 Å². The van der Waals surface area contributed by atoms with Crippen molar-refractivity contribution in [3.8, 4) is 0 Å². The van der Waals surface area contributed by atoms with Gasteiger partial charge in [-0.15, -0.1) is 11.3 Å². The molecular weight excluding hydrogens is 427 g/mol. The molecule has 0 bridgehead atoms. The van der Waals surface area contributed by atoms with Crippen LogP contribution in [0.15, 0.2) is 46.7 Å². The second kappa shape index (κ2) is 8.38. The predicted molar refractivity (Wildman–Crippen MR) is 105 cm³/mol. The van der Waals surface area contributed by atoms with Gasteiger partial charge in [0.25, 0.3) is 5.56 Å². The van der Waals surface area contributed by atoms with Crippen molar-refractivity contribution in [3.05, 3.63) is 79.1 Å². The van der Waals surface area contributed by atoms with Crippen LogP contribution in [-0.2, 0) is 23.9 Å². The Kier molecular flexibility index (Phi) is 6.09. The maximum absolute atomic E-state index is 12.9. The second-order valence-electron chi connectivity index (χ2n) is 6.28. The van der Waals surface area contributed by atoms with E-state index in [-0.39, 0.29) is 18.9 Å². The zero-order valence-corrected chi connectivity index (χ0v) is 16.7. The average molecular weight is 442 g/mol. The molecule has 0 aliphatic heterocycles. The molecule has 0 aliphatic rings. The van der Waals surface area contributed by atoms with Crippen molar-refractivity contribution in [2.24, 2.45) is 0 Å². The van der Waals surface area contributed by atoms with Gasteiger partial charge >= 0.3 is 6.18 Å². The highest BCUT2D eigenvalue weighted by molar-refractivity contribution is 7.09. The summed E-state index contributed by atoms with van der Waals surface area (Å²) in [5.74, 6) is -0.264. The first-order valence-corrected chi connectivity index (χ1v) is 9.65. The fourth-order valence-electron chi connectivity index (χ4n) is 2.59. The lowest BCUT2D eigenvalue weighted by Crippen LogP contribution is -2.23. The van der Waals surface area contributed by atoms with E-state index >= 15 is 0 Å². The highest BCUT2D eigenvalue weighted by Crippen LogP contribution is 2.29. The molecule has 0 atom stereocenters. The molecule has 2 aromatic heterocycles. The number of halogens is 4. The van der Waals surface area contributed by atoms with Crippen LogP contribution in [0.2, 0.25) is 5.02 Å². The Labute approximate surface area is 172 Å². The molecule has 1 N–H and O–H groups in total. The summed E-state index contributed by atoms with van der Waals surface area (Å²) in [6, 6.07) is 7.92. The summed E-state index contributed by atoms with van der Waals surface area (Å²) in [4.78, 5) is 28.5. The third kappa shape index (κ3) is 5.24. The lowest BCUT2D eigenvalue weighted by atomic mass is 10.2. The fourth-order valence-corrected chi connectivity index (χ4v) is 3.60. The molecule has 0 aliphatic carbocycles.